The van der Waals surface area contributed by atoms with E-state index >= 15 is 0 Å². The third-order valence-corrected chi connectivity index (χ3v) is 4.43. The Balaban J connectivity index is 1.96. The molecule has 18 heavy (non-hydrogen) atoms. The van der Waals surface area contributed by atoms with Gasteiger partial charge in [-0.3, -0.25) is 0 Å². The van der Waals surface area contributed by atoms with E-state index in [2.05, 4.69) is 0 Å². The van der Waals surface area contributed by atoms with Crippen molar-refractivity contribution in [2.75, 3.05) is 0 Å². The summed E-state index contributed by atoms with van der Waals surface area (Å²) in [4.78, 5) is 0. The monoisotopic (exact) mass is 258 g/mol. The minimum atomic E-state index is -2.41. The largest absolute Gasteiger partial charge is 0.248 e. The zero-order valence-electron chi connectivity index (χ0n) is 9.80. The number of benzene rings is 1. The van der Waals surface area contributed by atoms with Crippen LogP contribution < -0.4 is 0 Å². The first-order chi connectivity index (χ1) is 8.51. The van der Waals surface area contributed by atoms with Gasteiger partial charge < -0.3 is 0 Å². The lowest BCUT2D eigenvalue weighted by atomic mass is 9.89. The summed E-state index contributed by atoms with van der Waals surface area (Å²) in [6, 6.07) is 6.50. The van der Waals surface area contributed by atoms with Crippen molar-refractivity contribution in [3.05, 3.63) is 35.4 Å². The lowest BCUT2D eigenvalue weighted by Crippen LogP contribution is -2.21. The first-order valence-electron chi connectivity index (χ1n) is 6.19. The van der Waals surface area contributed by atoms with Gasteiger partial charge in [0.2, 0.25) is 12.9 Å². The molecular weight excluding hydrogens is 244 g/mol. The van der Waals surface area contributed by atoms with Crippen LogP contribution in [0, 0.1) is 0 Å². The van der Waals surface area contributed by atoms with Crippen LogP contribution >= 0.6 is 0 Å². The van der Waals surface area contributed by atoms with Crippen molar-refractivity contribution < 1.29 is 17.6 Å². The molecule has 0 saturated heterocycles. The smallest absolute Gasteiger partial charge is 0.210 e. The van der Waals surface area contributed by atoms with E-state index in [0.29, 0.717) is 36.8 Å². The minimum Gasteiger partial charge on any atom is -0.210 e. The van der Waals surface area contributed by atoms with Gasteiger partial charge in [-0.15, -0.1) is 0 Å². The first kappa shape index (κ1) is 12.0. The normalized spacial score (nSPS) is 23.4. The highest BCUT2D eigenvalue weighted by Crippen LogP contribution is 2.56. The number of rotatable bonds is 4. The molecule has 2 aliphatic carbocycles. The predicted molar refractivity (Wildman–Crippen MR) is 60.3 cm³/mol. The highest BCUT2D eigenvalue weighted by molar-refractivity contribution is 5.41. The molecule has 3 rings (SSSR count). The summed E-state index contributed by atoms with van der Waals surface area (Å²) in [5, 5.41) is 0. The van der Waals surface area contributed by atoms with Crippen LogP contribution in [0.3, 0.4) is 0 Å². The Morgan fingerprint density at radius 1 is 0.778 bits per heavy atom. The van der Waals surface area contributed by atoms with Gasteiger partial charge in [0, 0.05) is 0 Å². The van der Waals surface area contributed by atoms with Crippen molar-refractivity contribution in [1.29, 1.82) is 0 Å². The van der Waals surface area contributed by atoms with Crippen LogP contribution in [-0.4, -0.2) is 12.9 Å². The van der Waals surface area contributed by atoms with Gasteiger partial charge in [-0.25, -0.2) is 17.6 Å². The van der Waals surface area contributed by atoms with E-state index in [1.807, 2.05) is 0 Å². The lowest BCUT2D eigenvalue weighted by molar-refractivity contribution is 0.0991. The molecule has 2 fully saturated rings. The molecule has 2 aliphatic rings. The topological polar surface area (TPSA) is 0 Å². The maximum Gasteiger partial charge on any atom is 0.248 e. The molecule has 0 aliphatic heterocycles. The van der Waals surface area contributed by atoms with E-state index in [9.17, 15) is 17.6 Å². The van der Waals surface area contributed by atoms with Crippen LogP contribution in [0.25, 0.3) is 0 Å². The van der Waals surface area contributed by atoms with Crippen LogP contribution in [0.4, 0.5) is 17.6 Å². The molecule has 0 nitrogen and oxygen atoms in total. The zero-order chi connectivity index (χ0) is 13.0. The Hall–Kier alpha value is -1.06. The number of alkyl halides is 4. The Kier molecular flexibility index (Phi) is 2.48. The molecule has 4 heteroatoms. The van der Waals surface area contributed by atoms with Crippen LogP contribution in [-0.2, 0) is 10.8 Å². The average molecular weight is 258 g/mol. The predicted octanol–water partition coefficient (Wildman–Crippen LogP) is 4.28. The maximum absolute atomic E-state index is 13.0. The van der Waals surface area contributed by atoms with Crippen LogP contribution in [0.2, 0.25) is 0 Å². The number of hydrogen-bond acceptors (Lipinski definition) is 0. The van der Waals surface area contributed by atoms with Crippen molar-refractivity contribution in [3.8, 4) is 0 Å². The van der Waals surface area contributed by atoms with E-state index in [1.54, 1.807) is 24.3 Å². The molecular formula is C14H14F4. The second kappa shape index (κ2) is 3.72. The Morgan fingerprint density at radius 3 is 1.44 bits per heavy atom. The molecule has 0 radical (unpaired) electrons. The second-order valence-electron chi connectivity index (χ2n) is 5.49. The quantitative estimate of drug-likeness (QED) is 0.707. The summed E-state index contributed by atoms with van der Waals surface area (Å²) in [6.07, 6.45) is -3.00. The third-order valence-electron chi connectivity index (χ3n) is 4.43. The standard InChI is InChI=1S/C14H14F4/c15-11(16)13(4-5-13)9-2-1-3-10(8-9)14(6-7-14)12(17)18/h1-3,8,11-12H,4-7H2. The Morgan fingerprint density at radius 2 is 1.17 bits per heavy atom. The van der Waals surface area contributed by atoms with Gasteiger partial charge in [0.25, 0.3) is 0 Å². The van der Waals surface area contributed by atoms with E-state index in [1.165, 1.54) is 0 Å². The van der Waals surface area contributed by atoms with Crippen molar-refractivity contribution >= 4 is 0 Å². The maximum atomic E-state index is 13.0. The fraction of sp³-hybridized carbons (Fsp3) is 0.571. The molecule has 0 spiro atoms. The minimum absolute atomic E-state index is 0.454. The molecule has 0 aromatic heterocycles. The van der Waals surface area contributed by atoms with Crippen LogP contribution in [0.15, 0.2) is 24.3 Å². The number of hydrogen-bond donors (Lipinski definition) is 0. The SMILES string of the molecule is FC(F)C1(c2cccc(C3(C(F)F)CC3)c2)CC1. The molecule has 0 atom stereocenters. The molecule has 0 unspecified atom stereocenters. The van der Waals surface area contributed by atoms with Gasteiger partial charge in [0.1, 0.15) is 0 Å². The Labute approximate surface area is 103 Å². The van der Waals surface area contributed by atoms with Crippen molar-refractivity contribution in [2.24, 2.45) is 0 Å². The summed E-state index contributed by atoms with van der Waals surface area (Å²) in [5.41, 5.74) is -1.06. The summed E-state index contributed by atoms with van der Waals surface area (Å²) in [5.74, 6) is 0. The fourth-order valence-electron chi connectivity index (χ4n) is 2.67. The zero-order valence-corrected chi connectivity index (χ0v) is 9.80. The van der Waals surface area contributed by atoms with Crippen molar-refractivity contribution in [1.82, 2.24) is 0 Å². The summed E-state index contributed by atoms with van der Waals surface area (Å²) >= 11 is 0. The molecule has 98 valence electrons. The van der Waals surface area contributed by atoms with Crippen molar-refractivity contribution in [3.63, 3.8) is 0 Å². The lowest BCUT2D eigenvalue weighted by Gasteiger charge is -2.19. The molecule has 1 aromatic carbocycles. The average Bonchev–Trinajstić information content (AvgIpc) is 3.22. The van der Waals surface area contributed by atoms with Gasteiger partial charge in [-0.1, -0.05) is 24.3 Å². The molecule has 2 saturated carbocycles. The summed E-state index contributed by atoms with van der Waals surface area (Å²) in [7, 11) is 0. The highest BCUT2D eigenvalue weighted by atomic mass is 19.3. The highest BCUT2D eigenvalue weighted by Gasteiger charge is 2.55. The number of halogens is 4. The second-order valence-corrected chi connectivity index (χ2v) is 5.49. The summed E-state index contributed by atoms with van der Waals surface area (Å²) in [6.45, 7) is 0. The van der Waals surface area contributed by atoms with Crippen LogP contribution in [0.1, 0.15) is 36.8 Å². The molecule has 0 bridgehead atoms. The van der Waals surface area contributed by atoms with E-state index in [4.69, 9.17) is 0 Å². The van der Waals surface area contributed by atoms with Crippen molar-refractivity contribution in [2.45, 2.75) is 49.4 Å². The molecule has 0 N–H and O–H groups in total. The van der Waals surface area contributed by atoms with Gasteiger partial charge in [-0.05, 0) is 36.8 Å². The summed E-state index contributed by atoms with van der Waals surface area (Å²) < 4.78 is 52.1. The van der Waals surface area contributed by atoms with E-state index < -0.39 is 23.7 Å². The molecule has 0 amide bonds. The Bertz CT molecular complexity index is 419. The first-order valence-corrected chi connectivity index (χ1v) is 6.19. The van der Waals surface area contributed by atoms with Gasteiger partial charge in [-0.2, -0.15) is 0 Å². The van der Waals surface area contributed by atoms with Gasteiger partial charge in [0.15, 0.2) is 0 Å². The van der Waals surface area contributed by atoms with Gasteiger partial charge in [0.05, 0.1) is 10.8 Å². The van der Waals surface area contributed by atoms with Crippen LogP contribution in [0.5, 0.6) is 0 Å². The van der Waals surface area contributed by atoms with E-state index in [0.717, 1.165) is 0 Å². The third kappa shape index (κ3) is 1.57. The van der Waals surface area contributed by atoms with E-state index in [-0.39, 0.29) is 0 Å². The molecule has 1 aromatic rings. The van der Waals surface area contributed by atoms with Gasteiger partial charge >= 0.3 is 0 Å². The molecule has 0 heterocycles. The fourth-order valence-corrected chi connectivity index (χ4v) is 2.67.